The molecular weight excluding hydrogens is 398 g/mol. The van der Waals surface area contributed by atoms with Crippen molar-refractivity contribution in [2.75, 3.05) is 19.7 Å². The van der Waals surface area contributed by atoms with E-state index >= 15 is 0 Å². The summed E-state index contributed by atoms with van der Waals surface area (Å²) in [6, 6.07) is 0. The Morgan fingerprint density at radius 3 is 2.60 bits per heavy atom. The van der Waals surface area contributed by atoms with E-state index in [1.165, 1.54) is 0 Å². The summed E-state index contributed by atoms with van der Waals surface area (Å²) in [7, 11) is 0. The number of carbonyl (C=O) groups excluding carboxylic acids is 2. The van der Waals surface area contributed by atoms with E-state index in [0.29, 0.717) is 6.54 Å². The molecule has 0 bridgehead atoms. The fourth-order valence-electron chi connectivity index (χ4n) is 1.25. The molecule has 1 N–H and O–H groups in total. The molecule has 0 saturated carbocycles. The topological polar surface area (TPSA) is 55.4 Å². The van der Waals surface area contributed by atoms with Gasteiger partial charge in [0.2, 0.25) is 0 Å². The van der Waals surface area contributed by atoms with Crippen molar-refractivity contribution in [3.63, 3.8) is 0 Å². The molecule has 1 heterocycles. The average Bonchev–Trinajstić information content (AvgIpc) is 2.14. The largest absolute Gasteiger partial charge is 0.465 e. The lowest BCUT2D eigenvalue weighted by atomic mass is 9.97. The van der Waals surface area contributed by atoms with Gasteiger partial charge in [0.15, 0.2) is 13.3 Å². The molecule has 0 amide bonds. The molecule has 1 rings (SSSR count). The predicted molar refractivity (Wildman–Crippen MR) is 66.8 cm³/mol. The van der Waals surface area contributed by atoms with Gasteiger partial charge in [0.25, 0.3) is 0 Å². The van der Waals surface area contributed by atoms with Crippen LogP contribution in [-0.2, 0) is 14.3 Å². The smallest absolute Gasteiger partial charge is 0.331 e. The van der Waals surface area contributed by atoms with Gasteiger partial charge in [-0.3, -0.25) is 4.79 Å². The molecule has 1 aliphatic heterocycles. The van der Waals surface area contributed by atoms with Crippen LogP contribution in [0.2, 0.25) is 0 Å². The first-order valence-corrected chi connectivity index (χ1v) is 6.72. The highest BCUT2D eigenvalue weighted by molar-refractivity contribution is 9.26. The fourth-order valence-corrected chi connectivity index (χ4v) is 3.51. The molecule has 0 aromatic rings. The van der Waals surface area contributed by atoms with Crippen LogP contribution in [-0.4, -0.2) is 39.0 Å². The summed E-state index contributed by atoms with van der Waals surface area (Å²) in [6.07, 6.45) is 0. The van der Waals surface area contributed by atoms with Crippen LogP contribution in [0.1, 0.15) is 6.92 Å². The molecule has 0 radical (unpaired) electrons. The molecular formula is C8H10Br3NO3. The fraction of sp³-hybridized carbons (Fsp3) is 0.750. The summed E-state index contributed by atoms with van der Waals surface area (Å²) in [6.45, 7) is 2.59. The lowest BCUT2D eigenvalue weighted by molar-refractivity contribution is -0.149. The number of hydrogen-bond acceptors (Lipinski definition) is 4. The van der Waals surface area contributed by atoms with Crippen molar-refractivity contribution in [1.82, 2.24) is 5.32 Å². The van der Waals surface area contributed by atoms with E-state index in [-0.39, 0.29) is 18.9 Å². The number of carbonyl (C=O) groups is 2. The van der Waals surface area contributed by atoms with Crippen LogP contribution in [0.25, 0.3) is 0 Å². The zero-order chi connectivity index (χ0) is 11.7. The van der Waals surface area contributed by atoms with E-state index in [1.807, 2.05) is 0 Å². The van der Waals surface area contributed by atoms with Gasteiger partial charge >= 0.3 is 5.97 Å². The van der Waals surface area contributed by atoms with Gasteiger partial charge in [-0.2, -0.15) is 0 Å². The number of ether oxygens (including phenoxy) is 1. The molecule has 0 aromatic carbocycles. The maximum Gasteiger partial charge on any atom is 0.331 e. The number of hydrogen-bond donors (Lipinski definition) is 1. The Balaban J connectivity index is 2.92. The molecule has 0 spiro atoms. The number of esters is 1. The highest BCUT2D eigenvalue weighted by Gasteiger charge is 2.55. The number of nitrogens with one attached hydrogen (secondary N) is 1. The standard InChI is InChI=1S/C8H10Br3NO3/c1-2-15-6(14)7(9)3-12-4-8(10,11)5(7)13/h12H,2-4H2,1H3. The average molecular weight is 408 g/mol. The van der Waals surface area contributed by atoms with Gasteiger partial charge < -0.3 is 10.1 Å². The number of Topliss-reactive ketones (excluding diaryl/α,β-unsaturated/α-hetero) is 1. The van der Waals surface area contributed by atoms with E-state index in [4.69, 9.17) is 4.74 Å². The van der Waals surface area contributed by atoms with E-state index in [9.17, 15) is 9.59 Å². The molecule has 4 nitrogen and oxygen atoms in total. The van der Waals surface area contributed by atoms with Gasteiger partial charge in [0, 0.05) is 13.1 Å². The molecule has 7 heteroatoms. The molecule has 15 heavy (non-hydrogen) atoms. The second-order valence-corrected chi connectivity index (χ2v) is 8.28. The first-order chi connectivity index (χ1) is 6.84. The van der Waals surface area contributed by atoms with Crippen molar-refractivity contribution in [3.8, 4) is 0 Å². The van der Waals surface area contributed by atoms with E-state index < -0.39 is 13.5 Å². The lowest BCUT2D eigenvalue weighted by Gasteiger charge is -2.35. The van der Waals surface area contributed by atoms with Crippen molar-refractivity contribution in [2.45, 2.75) is 14.5 Å². The Morgan fingerprint density at radius 1 is 1.47 bits per heavy atom. The number of piperidine rings is 1. The van der Waals surface area contributed by atoms with Crippen molar-refractivity contribution in [3.05, 3.63) is 0 Å². The Bertz CT molecular complexity index is 295. The van der Waals surface area contributed by atoms with Crippen molar-refractivity contribution in [1.29, 1.82) is 0 Å². The van der Waals surface area contributed by atoms with Crippen molar-refractivity contribution >= 4 is 59.5 Å². The molecule has 86 valence electrons. The summed E-state index contributed by atoms with van der Waals surface area (Å²) in [4.78, 5) is 23.7. The Morgan fingerprint density at radius 2 is 2.07 bits per heavy atom. The molecule has 1 aliphatic rings. The van der Waals surface area contributed by atoms with Gasteiger partial charge in [-0.25, -0.2) is 4.79 Å². The minimum absolute atomic E-state index is 0.226. The number of halogens is 3. The highest BCUT2D eigenvalue weighted by atomic mass is 79.9. The number of alkyl halides is 3. The zero-order valence-corrected chi connectivity index (χ0v) is 12.7. The first kappa shape index (κ1) is 13.6. The molecule has 1 fully saturated rings. The van der Waals surface area contributed by atoms with E-state index in [1.54, 1.807) is 6.92 Å². The van der Waals surface area contributed by atoms with Crippen LogP contribution >= 0.6 is 47.8 Å². The van der Waals surface area contributed by atoms with Crippen LogP contribution in [0.5, 0.6) is 0 Å². The number of ketones is 1. The van der Waals surface area contributed by atoms with Crippen LogP contribution < -0.4 is 5.32 Å². The number of rotatable bonds is 2. The minimum Gasteiger partial charge on any atom is -0.465 e. The third-order valence-corrected chi connectivity index (χ3v) is 4.25. The van der Waals surface area contributed by atoms with Gasteiger partial charge in [0.1, 0.15) is 0 Å². The van der Waals surface area contributed by atoms with Crippen LogP contribution in [0.15, 0.2) is 0 Å². The summed E-state index contributed by atoms with van der Waals surface area (Å²) >= 11 is 9.60. The first-order valence-electron chi connectivity index (χ1n) is 4.34. The van der Waals surface area contributed by atoms with Gasteiger partial charge in [-0.15, -0.1) is 0 Å². The van der Waals surface area contributed by atoms with Crippen LogP contribution in [0, 0.1) is 0 Å². The maximum absolute atomic E-state index is 12.0. The quantitative estimate of drug-likeness (QED) is 0.426. The summed E-state index contributed by atoms with van der Waals surface area (Å²) in [5, 5.41) is 2.97. The normalized spacial score (nSPS) is 30.0. The second-order valence-electron chi connectivity index (χ2n) is 3.16. The zero-order valence-electron chi connectivity index (χ0n) is 7.98. The van der Waals surface area contributed by atoms with E-state index in [2.05, 4.69) is 53.1 Å². The minimum atomic E-state index is -1.31. The molecule has 1 unspecified atom stereocenters. The second kappa shape index (κ2) is 4.81. The molecule has 0 aliphatic carbocycles. The van der Waals surface area contributed by atoms with Crippen LogP contribution in [0.4, 0.5) is 0 Å². The predicted octanol–water partition coefficient (Wildman–Crippen LogP) is 1.34. The lowest BCUT2D eigenvalue weighted by Crippen LogP contribution is -2.62. The Labute approximate surface area is 113 Å². The van der Waals surface area contributed by atoms with Gasteiger partial charge in [0.05, 0.1) is 6.61 Å². The van der Waals surface area contributed by atoms with E-state index in [0.717, 1.165) is 0 Å². The highest BCUT2D eigenvalue weighted by Crippen LogP contribution is 2.38. The SMILES string of the molecule is CCOC(=O)C1(Br)CNCC(Br)(Br)C1=O. The monoisotopic (exact) mass is 405 g/mol. The maximum atomic E-state index is 12.0. The van der Waals surface area contributed by atoms with Crippen LogP contribution in [0.3, 0.4) is 0 Å². The molecule has 0 aromatic heterocycles. The van der Waals surface area contributed by atoms with Gasteiger partial charge in [-0.1, -0.05) is 47.8 Å². The Hall–Kier alpha value is 0.540. The third kappa shape index (κ3) is 2.62. The summed E-state index contributed by atoms with van der Waals surface area (Å²) in [5.74, 6) is -0.849. The third-order valence-electron chi connectivity index (χ3n) is 2.01. The molecule has 1 saturated heterocycles. The Kier molecular flexibility index (Phi) is 4.36. The molecule has 1 atom stereocenters. The van der Waals surface area contributed by atoms with Crippen molar-refractivity contribution in [2.24, 2.45) is 0 Å². The summed E-state index contributed by atoms with van der Waals surface area (Å²) in [5.41, 5.74) is 0. The van der Waals surface area contributed by atoms with Gasteiger partial charge in [-0.05, 0) is 6.92 Å². The van der Waals surface area contributed by atoms with Crippen molar-refractivity contribution < 1.29 is 14.3 Å². The summed E-state index contributed by atoms with van der Waals surface area (Å²) < 4.78 is 2.63.